The van der Waals surface area contributed by atoms with E-state index in [4.69, 9.17) is 39.3 Å². The van der Waals surface area contributed by atoms with Crippen LogP contribution in [0.25, 0.3) is 17.3 Å². The average molecular weight is 577 g/mol. The lowest BCUT2D eigenvalue weighted by molar-refractivity contribution is 0.0655. The minimum atomic E-state index is -0.327. The molecule has 5 nitrogen and oxygen atoms in total. The largest absolute Gasteiger partial charge is 0.360 e. The fourth-order valence-electron chi connectivity index (χ4n) is 5.33. The van der Waals surface area contributed by atoms with Crippen LogP contribution in [0.4, 0.5) is 0 Å². The molecule has 0 radical (unpaired) electrons. The minimum Gasteiger partial charge on any atom is -0.360 e. The Morgan fingerprint density at radius 3 is 2.38 bits per heavy atom. The van der Waals surface area contributed by atoms with Crippen LogP contribution >= 0.6 is 34.8 Å². The first-order chi connectivity index (χ1) is 18.9. The molecular formula is C31H24Cl3N3O2. The number of nitrogens with one attached hydrogen (secondary N) is 1. The van der Waals surface area contributed by atoms with Crippen molar-refractivity contribution >= 4 is 46.8 Å². The quantitative estimate of drug-likeness (QED) is 0.264. The van der Waals surface area contributed by atoms with Gasteiger partial charge in [-0.25, -0.2) is 5.01 Å². The first-order valence-electron chi connectivity index (χ1n) is 12.7. The molecule has 1 aromatic heterocycles. The summed E-state index contributed by atoms with van der Waals surface area (Å²) >= 11 is 18.8. The van der Waals surface area contributed by atoms with Gasteiger partial charge in [-0.3, -0.25) is 10.2 Å². The van der Waals surface area contributed by atoms with Crippen molar-refractivity contribution in [3.05, 3.63) is 127 Å². The molecule has 1 N–H and O–H groups in total. The Bertz CT molecular complexity index is 1620. The van der Waals surface area contributed by atoms with Gasteiger partial charge in [-0.05, 0) is 84.9 Å². The Kier molecular flexibility index (Phi) is 6.98. The van der Waals surface area contributed by atoms with Crippen molar-refractivity contribution in [1.29, 1.82) is 0 Å². The topological polar surface area (TPSA) is 58.4 Å². The molecule has 1 aliphatic heterocycles. The van der Waals surface area contributed by atoms with Gasteiger partial charge in [0.25, 0.3) is 5.91 Å². The summed E-state index contributed by atoms with van der Waals surface area (Å²) in [7, 11) is 0. The van der Waals surface area contributed by atoms with Crippen molar-refractivity contribution in [2.45, 2.75) is 32.2 Å². The van der Waals surface area contributed by atoms with Gasteiger partial charge in [-0.15, -0.1) is 0 Å². The molecule has 196 valence electrons. The maximum Gasteiger partial charge on any atom is 0.278 e. The molecule has 4 aromatic rings. The van der Waals surface area contributed by atoms with Gasteiger partial charge < -0.3 is 4.52 Å². The Labute approximate surface area is 241 Å². The number of carbonyl (C=O) groups excluding carboxylic acids is 1. The number of halogens is 3. The van der Waals surface area contributed by atoms with Crippen LogP contribution in [0.5, 0.6) is 0 Å². The van der Waals surface area contributed by atoms with Gasteiger partial charge in [0.2, 0.25) is 0 Å². The van der Waals surface area contributed by atoms with E-state index in [1.165, 1.54) is 0 Å². The Morgan fingerprint density at radius 2 is 1.67 bits per heavy atom. The van der Waals surface area contributed by atoms with Gasteiger partial charge >= 0.3 is 0 Å². The lowest BCUT2D eigenvalue weighted by Gasteiger charge is -2.27. The first kappa shape index (κ1) is 25.8. The van der Waals surface area contributed by atoms with E-state index >= 15 is 0 Å². The number of allylic oxidation sites excluding steroid dienone is 1. The van der Waals surface area contributed by atoms with Crippen LogP contribution in [-0.2, 0) is 0 Å². The van der Waals surface area contributed by atoms with Crippen LogP contribution in [0.2, 0.25) is 15.1 Å². The highest BCUT2D eigenvalue weighted by Crippen LogP contribution is 2.45. The molecule has 8 heteroatoms. The summed E-state index contributed by atoms with van der Waals surface area (Å²) in [6, 6.07) is 22.4. The van der Waals surface area contributed by atoms with Crippen LogP contribution in [-0.4, -0.2) is 16.1 Å². The number of aryl methyl sites for hydroxylation is 1. The molecule has 1 aliphatic carbocycles. The fraction of sp³-hybridized carbons (Fsp3) is 0.161. The zero-order chi connectivity index (χ0) is 27.1. The molecule has 0 saturated heterocycles. The molecule has 1 atom stereocenters. The fourth-order valence-corrected chi connectivity index (χ4v) is 5.81. The summed E-state index contributed by atoms with van der Waals surface area (Å²) in [6.07, 6.45) is 4.88. The second-order valence-electron chi connectivity index (χ2n) is 9.66. The third-order valence-electron chi connectivity index (χ3n) is 7.18. The van der Waals surface area contributed by atoms with Gasteiger partial charge in [-0.1, -0.05) is 82.4 Å². The average Bonchev–Trinajstić information content (AvgIpc) is 3.52. The molecule has 6 rings (SSSR count). The minimum absolute atomic E-state index is 0.246. The smallest absolute Gasteiger partial charge is 0.278 e. The van der Waals surface area contributed by atoms with Crippen LogP contribution in [0.1, 0.15) is 52.5 Å². The van der Waals surface area contributed by atoms with E-state index in [9.17, 15) is 4.79 Å². The van der Waals surface area contributed by atoms with Crippen LogP contribution in [0.3, 0.4) is 0 Å². The zero-order valence-electron chi connectivity index (χ0n) is 21.0. The third kappa shape index (κ3) is 4.87. The Morgan fingerprint density at radius 1 is 0.974 bits per heavy atom. The summed E-state index contributed by atoms with van der Waals surface area (Å²) < 4.78 is 5.53. The van der Waals surface area contributed by atoms with Gasteiger partial charge in [0.1, 0.15) is 23.1 Å². The molecule has 1 amide bonds. The van der Waals surface area contributed by atoms with Gasteiger partial charge in [0, 0.05) is 15.6 Å². The number of amides is 1. The highest BCUT2D eigenvalue weighted by atomic mass is 35.5. The maximum atomic E-state index is 14.4. The van der Waals surface area contributed by atoms with Crippen LogP contribution in [0.15, 0.2) is 94.2 Å². The molecule has 3 aromatic carbocycles. The van der Waals surface area contributed by atoms with E-state index in [2.05, 4.69) is 16.7 Å². The molecule has 0 saturated carbocycles. The number of rotatable bonds is 4. The van der Waals surface area contributed by atoms with E-state index in [0.717, 1.165) is 47.2 Å². The van der Waals surface area contributed by atoms with E-state index in [0.29, 0.717) is 37.6 Å². The molecule has 0 fully saturated rings. The zero-order valence-corrected chi connectivity index (χ0v) is 23.3. The van der Waals surface area contributed by atoms with Crippen molar-refractivity contribution in [3.63, 3.8) is 0 Å². The number of hydrazine groups is 1. The van der Waals surface area contributed by atoms with Crippen LogP contribution in [0, 0.1) is 6.92 Å². The maximum absolute atomic E-state index is 14.4. The Hall–Kier alpha value is -3.51. The predicted molar refractivity (Wildman–Crippen MR) is 155 cm³/mol. The number of benzene rings is 3. The number of hydrogen-bond acceptors (Lipinski definition) is 4. The summed E-state index contributed by atoms with van der Waals surface area (Å²) in [4.78, 5) is 14.4. The van der Waals surface area contributed by atoms with Crippen molar-refractivity contribution in [2.24, 2.45) is 0 Å². The van der Waals surface area contributed by atoms with Crippen molar-refractivity contribution in [2.75, 3.05) is 0 Å². The molecule has 2 heterocycles. The van der Waals surface area contributed by atoms with E-state index in [-0.39, 0.29) is 11.9 Å². The van der Waals surface area contributed by atoms with Crippen molar-refractivity contribution in [1.82, 2.24) is 15.6 Å². The first-order valence-corrected chi connectivity index (χ1v) is 13.8. The molecule has 0 unspecified atom stereocenters. The molecule has 2 aliphatic rings. The Balaban J connectivity index is 1.45. The summed E-state index contributed by atoms with van der Waals surface area (Å²) in [6.45, 7) is 1.74. The second kappa shape index (κ2) is 10.6. The number of nitrogens with zero attached hydrogens (tertiary/aromatic N) is 2. The lowest BCUT2D eigenvalue weighted by Crippen LogP contribution is -2.40. The number of hydrogen-bond donors (Lipinski definition) is 1. The number of carbonyl (C=O) groups is 1. The number of aromatic nitrogens is 1. The molecule has 0 spiro atoms. The van der Waals surface area contributed by atoms with Gasteiger partial charge in [0.15, 0.2) is 0 Å². The van der Waals surface area contributed by atoms with Crippen molar-refractivity contribution < 1.29 is 9.32 Å². The third-order valence-corrected chi connectivity index (χ3v) is 8.01. The SMILES string of the molecule is Cc1onc(-c2ccccc2Cl)c1C(=O)N1NC2=C(CCC/C2=C\c2ccc(Cl)cc2)[C@H]1c1ccc(Cl)cc1. The normalized spacial score (nSPS) is 17.9. The van der Waals surface area contributed by atoms with E-state index in [1.54, 1.807) is 18.0 Å². The molecular weight excluding hydrogens is 553 g/mol. The summed E-state index contributed by atoms with van der Waals surface area (Å²) in [5, 5.41) is 7.74. The van der Waals surface area contributed by atoms with Crippen LogP contribution < -0.4 is 5.43 Å². The van der Waals surface area contributed by atoms with Crippen molar-refractivity contribution in [3.8, 4) is 11.3 Å². The van der Waals surface area contributed by atoms with Gasteiger partial charge in [0.05, 0.1) is 10.7 Å². The lowest BCUT2D eigenvalue weighted by atomic mass is 9.85. The standard InChI is InChI=1S/C31H24Cl3N3O2/c1-18-27(29(36-39-18)24-6-2-3-8-26(24)34)31(38)37-30(20-11-15-23(33)16-12-20)25-7-4-5-21(28(25)35-37)17-19-9-13-22(32)14-10-19/h2-3,6,8-17,30,35H,4-5,7H2,1H3/b21-17+/t30-/m1/s1. The molecule has 39 heavy (non-hydrogen) atoms. The highest BCUT2D eigenvalue weighted by Gasteiger charge is 2.41. The predicted octanol–water partition coefficient (Wildman–Crippen LogP) is 8.83. The highest BCUT2D eigenvalue weighted by molar-refractivity contribution is 6.33. The molecule has 0 bridgehead atoms. The van der Waals surface area contributed by atoms with E-state index in [1.807, 2.05) is 66.7 Å². The van der Waals surface area contributed by atoms with E-state index < -0.39 is 0 Å². The second-order valence-corrected chi connectivity index (χ2v) is 10.9. The van der Waals surface area contributed by atoms with Gasteiger partial charge in [-0.2, -0.15) is 0 Å². The summed E-state index contributed by atoms with van der Waals surface area (Å²) in [5.74, 6) is 0.178. The summed E-state index contributed by atoms with van der Waals surface area (Å²) in [5.41, 5.74) is 10.2. The monoisotopic (exact) mass is 575 g/mol.